The molecule has 5 rings (SSSR count). The highest BCUT2D eigenvalue weighted by Crippen LogP contribution is 2.33. The molecule has 2 saturated heterocycles. The van der Waals surface area contributed by atoms with E-state index in [1.165, 1.54) is 11.1 Å². The van der Waals surface area contributed by atoms with Crippen LogP contribution in [0.2, 0.25) is 0 Å². The molecule has 0 unspecified atom stereocenters. The number of ether oxygens (including phenoxy) is 2. The number of fused-ring (bicyclic) bond motifs is 1. The minimum absolute atomic E-state index is 0.0518. The van der Waals surface area contributed by atoms with Gasteiger partial charge in [0.05, 0.1) is 30.0 Å². The Morgan fingerprint density at radius 3 is 2.39 bits per heavy atom. The molecule has 0 N–H and O–H groups in total. The number of piperidine rings is 1. The molecule has 1 aromatic heterocycles. The fourth-order valence-corrected chi connectivity index (χ4v) is 4.57. The first-order chi connectivity index (χ1) is 14.9. The third-order valence-corrected chi connectivity index (χ3v) is 6.62. The number of carbonyl (C=O) groups excluding carboxylic acids is 1. The van der Waals surface area contributed by atoms with Crippen LogP contribution in [0.1, 0.15) is 39.9 Å². The van der Waals surface area contributed by atoms with Crippen molar-refractivity contribution in [1.29, 1.82) is 0 Å². The van der Waals surface area contributed by atoms with Crippen LogP contribution in [0, 0.1) is 20.8 Å². The standard InChI is InChI=1S/C26H28N2O3/c1-17-4-7-23-21(14-17)22(16-24(27-23)20-6-5-18(2)19(3)15-20)25(29)28-10-8-26(9-11-28)30-12-13-31-26/h4-7,14-16H,8-13H2,1-3H3. The van der Waals surface area contributed by atoms with Crippen LogP contribution in [0.25, 0.3) is 22.2 Å². The molecular formula is C26H28N2O3. The summed E-state index contributed by atoms with van der Waals surface area (Å²) in [4.78, 5) is 20.5. The molecule has 3 heterocycles. The van der Waals surface area contributed by atoms with Crippen LogP contribution in [-0.2, 0) is 9.47 Å². The summed E-state index contributed by atoms with van der Waals surface area (Å²) in [6.07, 6.45) is 1.43. The van der Waals surface area contributed by atoms with Gasteiger partial charge in [-0.1, -0.05) is 23.8 Å². The number of aryl methyl sites for hydroxylation is 3. The zero-order valence-electron chi connectivity index (χ0n) is 18.4. The van der Waals surface area contributed by atoms with Gasteiger partial charge in [-0.05, 0) is 56.2 Å². The Bertz CT molecular complexity index is 1150. The van der Waals surface area contributed by atoms with E-state index in [0.29, 0.717) is 44.7 Å². The number of amides is 1. The predicted octanol–water partition coefficient (Wildman–Crippen LogP) is 4.81. The van der Waals surface area contributed by atoms with Crippen molar-refractivity contribution in [2.45, 2.75) is 39.4 Å². The van der Waals surface area contributed by atoms with Gasteiger partial charge in [-0.25, -0.2) is 4.98 Å². The van der Waals surface area contributed by atoms with Crippen LogP contribution in [-0.4, -0.2) is 47.9 Å². The molecule has 2 aliphatic heterocycles. The van der Waals surface area contributed by atoms with Gasteiger partial charge >= 0.3 is 0 Å². The van der Waals surface area contributed by atoms with Crippen LogP contribution < -0.4 is 0 Å². The first-order valence-electron chi connectivity index (χ1n) is 11.0. The second-order valence-corrected chi connectivity index (χ2v) is 8.77. The second-order valence-electron chi connectivity index (χ2n) is 8.77. The Morgan fingerprint density at radius 1 is 0.935 bits per heavy atom. The minimum atomic E-state index is -0.488. The largest absolute Gasteiger partial charge is 0.347 e. The first kappa shape index (κ1) is 20.2. The average molecular weight is 417 g/mol. The number of likely N-dealkylation sites (tertiary alicyclic amines) is 1. The number of rotatable bonds is 2. The lowest BCUT2D eigenvalue weighted by Crippen LogP contribution is -2.47. The summed E-state index contributed by atoms with van der Waals surface area (Å²) in [5, 5.41) is 0.909. The SMILES string of the molecule is Cc1ccc2nc(-c3ccc(C)c(C)c3)cc(C(=O)N3CCC4(CC3)OCCO4)c2c1. The van der Waals surface area contributed by atoms with Gasteiger partial charge in [-0.15, -0.1) is 0 Å². The monoisotopic (exact) mass is 416 g/mol. The van der Waals surface area contributed by atoms with Crippen LogP contribution in [0.5, 0.6) is 0 Å². The molecule has 0 bridgehead atoms. The van der Waals surface area contributed by atoms with E-state index in [-0.39, 0.29) is 5.91 Å². The van der Waals surface area contributed by atoms with E-state index in [4.69, 9.17) is 14.5 Å². The van der Waals surface area contributed by atoms with Crippen molar-refractivity contribution in [3.63, 3.8) is 0 Å². The smallest absolute Gasteiger partial charge is 0.254 e. The molecule has 2 aromatic carbocycles. The molecule has 2 aliphatic rings. The van der Waals surface area contributed by atoms with Gasteiger partial charge in [-0.3, -0.25) is 4.79 Å². The summed E-state index contributed by atoms with van der Waals surface area (Å²) in [6.45, 7) is 8.80. The third kappa shape index (κ3) is 3.73. The molecular weight excluding hydrogens is 388 g/mol. The van der Waals surface area contributed by atoms with E-state index in [0.717, 1.165) is 27.7 Å². The van der Waals surface area contributed by atoms with E-state index >= 15 is 0 Å². The lowest BCUT2D eigenvalue weighted by Gasteiger charge is -2.37. The Kier molecular flexibility index (Phi) is 5.03. The molecule has 0 saturated carbocycles. The average Bonchev–Trinajstić information content (AvgIpc) is 3.23. The van der Waals surface area contributed by atoms with Gasteiger partial charge in [0.15, 0.2) is 5.79 Å². The van der Waals surface area contributed by atoms with E-state index < -0.39 is 5.79 Å². The Morgan fingerprint density at radius 2 is 1.68 bits per heavy atom. The summed E-state index contributed by atoms with van der Waals surface area (Å²) in [7, 11) is 0. The van der Waals surface area contributed by atoms with Crippen LogP contribution in [0.15, 0.2) is 42.5 Å². The molecule has 1 spiro atoms. The topological polar surface area (TPSA) is 51.7 Å². The van der Waals surface area contributed by atoms with Crippen molar-refractivity contribution in [3.8, 4) is 11.3 Å². The van der Waals surface area contributed by atoms with Crippen molar-refractivity contribution in [2.24, 2.45) is 0 Å². The van der Waals surface area contributed by atoms with Crippen LogP contribution in [0.4, 0.5) is 0 Å². The van der Waals surface area contributed by atoms with E-state index in [1.807, 2.05) is 30.0 Å². The number of carbonyl (C=O) groups is 1. The van der Waals surface area contributed by atoms with Gasteiger partial charge in [0.25, 0.3) is 5.91 Å². The number of hydrogen-bond donors (Lipinski definition) is 0. The molecule has 0 radical (unpaired) electrons. The first-order valence-corrected chi connectivity index (χ1v) is 11.0. The molecule has 5 nitrogen and oxygen atoms in total. The highest BCUT2D eigenvalue weighted by atomic mass is 16.7. The normalized spacial score (nSPS) is 18.1. The maximum absolute atomic E-state index is 13.6. The van der Waals surface area contributed by atoms with Crippen LogP contribution >= 0.6 is 0 Å². The minimum Gasteiger partial charge on any atom is -0.347 e. The summed E-state index contributed by atoms with van der Waals surface area (Å²) in [5.74, 6) is -0.436. The molecule has 5 heteroatoms. The summed E-state index contributed by atoms with van der Waals surface area (Å²) >= 11 is 0. The molecule has 0 aliphatic carbocycles. The Balaban J connectivity index is 1.54. The second kappa shape index (κ2) is 7.74. The molecule has 0 atom stereocenters. The number of aromatic nitrogens is 1. The van der Waals surface area contributed by atoms with E-state index in [9.17, 15) is 4.79 Å². The zero-order valence-corrected chi connectivity index (χ0v) is 18.4. The number of nitrogens with zero attached hydrogens (tertiary/aromatic N) is 2. The van der Waals surface area contributed by atoms with Crippen molar-refractivity contribution >= 4 is 16.8 Å². The van der Waals surface area contributed by atoms with Gasteiger partial charge in [0, 0.05) is 36.9 Å². The molecule has 160 valence electrons. The van der Waals surface area contributed by atoms with Gasteiger partial charge in [0.1, 0.15) is 0 Å². The van der Waals surface area contributed by atoms with E-state index in [2.05, 4.69) is 38.1 Å². The van der Waals surface area contributed by atoms with Gasteiger partial charge in [-0.2, -0.15) is 0 Å². The molecule has 1 amide bonds. The van der Waals surface area contributed by atoms with Crippen molar-refractivity contribution in [1.82, 2.24) is 9.88 Å². The summed E-state index contributed by atoms with van der Waals surface area (Å²) < 4.78 is 11.7. The number of hydrogen-bond acceptors (Lipinski definition) is 4. The fourth-order valence-electron chi connectivity index (χ4n) is 4.57. The van der Waals surface area contributed by atoms with Crippen molar-refractivity contribution in [3.05, 3.63) is 64.7 Å². The third-order valence-electron chi connectivity index (χ3n) is 6.62. The molecule has 2 fully saturated rings. The molecule has 3 aromatic rings. The van der Waals surface area contributed by atoms with E-state index in [1.54, 1.807) is 0 Å². The van der Waals surface area contributed by atoms with Crippen LogP contribution in [0.3, 0.4) is 0 Å². The maximum Gasteiger partial charge on any atom is 0.254 e. The van der Waals surface area contributed by atoms with Gasteiger partial charge < -0.3 is 14.4 Å². The summed E-state index contributed by atoms with van der Waals surface area (Å²) in [6, 6.07) is 14.4. The Hall–Kier alpha value is -2.76. The lowest BCUT2D eigenvalue weighted by molar-refractivity contribution is -0.181. The van der Waals surface area contributed by atoms with Crippen molar-refractivity contribution in [2.75, 3.05) is 26.3 Å². The molecule has 31 heavy (non-hydrogen) atoms. The lowest BCUT2D eigenvalue weighted by atomic mass is 9.98. The summed E-state index contributed by atoms with van der Waals surface area (Å²) in [5.41, 5.74) is 7.01. The van der Waals surface area contributed by atoms with Gasteiger partial charge in [0.2, 0.25) is 0 Å². The highest BCUT2D eigenvalue weighted by molar-refractivity contribution is 6.07. The predicted molar refractivity (Wildman–Crippen MR) is 121 cm³/mol. The van der Waals surface area contributed by atoms with Crippen molar-refractivity contribution < 1.29 is 14.3 Å². The number of pyridine rings is 1. The Labute approximate surface area is 183 Å². The quantitative estimate of drug-likeness (QED) is 0.602. The number of benzene rings is 2. The highest BCUT2D eigenvalue weighted by Gasteiger charge is 2.41. The fraction of sp³-hybridized carbons (Fsp3) is 0.385. The maximum atomic E-state index is 13.6. The zero-order chi connectivity index (χ0) is 21.6.